The lowest BCUT2D eigenvalue weighted by Crippen LogP contribution is -2.55. The van der Waals surface area contributed by atoms with Crippen molar-refractivity contribution in [1.29, 1.82) is 0 Å². The monoisotopic (exact) mass is 537 g/mol. The predicted molar refractivity (Wildman–Crippen MR) is 124 cm³/mol. The fourth-order valence-electron chi connectivity index (χ4n) is 4.95. The molecule has 0 spiro atoms. The van der Waals surface area contributed by atoms with Crippen molar-refractivity contribution in [1.82, 2.24) is 14.7 Å². The first-order valence-electron chi connectivity index (χ1n) is 10.7. The van der Waals surface area contributed by atoms with E-state index >= 15 is 0 Å². The molecular weight excluding hydrogens is 513 g/mol. The van der Waals surface area contributed by atoms with E-state index in [9.17, 15) is 9.59 Å². The van der Waals surface area contributed by atoms with Crippen molar-refractivity contribution >= 4 is 46.0 Å². The van der Waals surface area contributed by atoms with Gasteiger partial charge in [0.05, 0.1) is 21.7 Å². The SMILES string of the molecule is CC1CN(C(=O)C2(C)CCc3c(I)nn(C(=O)c4c(Cl)cccc4C4CC4)c3C2)C1. The number of fused-ring (bicyclic) bond motifs is 1. The van der Waals surface area contributed by atoms with Gasteiger partial charge in [-0.05, 0) is 71.7 Å². The summed E-state index contributed by atoms with van der Waals surface area (Å²) in [5, 5.41) is 5.10. The van der Waals surface area contributed by atoms with Crippen molar-refractivity contribution in [3.63, 3.8) is 0 Å². The van der Waals surface area contributed by atoms with Crippen molar-refractivity contribution in [3.8, 4) is 0 Å². The second-order valence-electron chi connectivity index (χ2n) is 9.46. The maximum atomic E-state index is 13.6. The average molecular weight is 538 g/mol. The molecule has 1 atom stereocenters. The van der Waals surface area contributed by atoms with Crippen LogP contribution in [0.15, 0.2) is 18.2 Å². The molecule has 1 saturated heterocycles. The highest BCUT2D eigenvalue weighted by molar-refractivity contribution is 14.1. The summed E-state index contributed by atoms with van der Waals surface area (Å²) in [7, 11) is 0. The Bertz CT molecular complexity index is 1050. The van der Waals surface area contributed by atoms with E-state index in [4.69, 9.17) is 11.6 Å². The third-order valence-corrected chi connectivity index (χ3v) is 8.04. The Hall–Kier alpha value is -1.41. The minimum atomic E-state index is -0.492. The normalized spacial score (nSPS) is 23.8. The zero-order chi connectivity index (χ0) is 21.2. The topological polar surface area (TPSA) is 55.2 Å². The minimum absolute atomic E-state index is 0.170. The van der Waals surface area contributed by atoms with Crippen LogP contribution in [0.4, 0.5) is 0 Å². The van der Waals surface area contributed by atoms with E-state index in [0.29, 0.717) is 28.8 Å². The lowest BCUT2D eigenvalue weighted by atomic mass is 9.73. The molecule has 0 bridgehead atoms. The first-order valence-corrected chi connectivity index (χ1v) is 12.1. The Labute approximate surface area is 195 Å². The highest BCUT2D eigenvalue weighted by Crippen LogP contribution is 2.44. The smallest absolute Gasteiger partial charge is 0.280 e. The van der Waals surface area contributed by atoms with Crippen LogP contribution in [-0.2, 0) is 17.6 Å². The van der Waals surface area contributed by atoms with E-state index in [1.54, 1.807) is 6.07 Å². The van der Waals surface area contributed by atoms with Crippen LogP contribution in [0.25, 0.3) is 0 Å². The Balaban J connectivity index is 1.51. The Morgan fingerprint density at radius 1 is 1.27 bits per heavy atom. The van der Waals surface area contributed by atoms with Crippen LogP contribution in [-0.4, -0.2) is 39.6 Å². The third-order valence-electron chi connectivity index (χ3n) is 6.86. The molecule has 0 N–H and O–H groups in total. The number of benzene rings is 1. The molecule has 7 heteroatoms. The molecule has 1 aromatic heterocycles. The molecule has 2 aromatic rings. The highest BCUT2D eigenvalue weighted by atomic mass is 127. The molecule has 1 aromatic carbocycles. The van der Waals surface area contributed by atoms with Crippen LogP contribution in [0.2, 0.25) is 5.02 Å². The maximum absolute atomic E-state index is 13.6. The number of halogens is 2. The van der Waals surface area contributed by atoms with Crippen molar-refractivity contribution in [2.45, 2.75) is 51.9 Å². The first-order chi connectivity index (χ1) is 14.3. The van der Waals surface area contributed by atoms with Gasteiger partial charge in [0.2, 0.25) is 5.91 Å². The Morgan fingerprint density at radius 2 is 2.00 bits per heavy atom. The van der Waals surface area contributed by atoms with Crippen molar-refractivity contribution in [2.24, 2.45) is 11.3 Å². The minimum Gasteiger partial charge on any atom is -0.342 e. The molecule has 2 aliphatic carbocycles. The van der Waals surface area contributed by atoms with Crippen molar-refractivity contribution in [3.05, 3.63) is 49.3 Å². The van der Waals surface area contributed by atoms with E-state index in [0.717, 1.165) is 59.3 Å². The predicted octanol–water partition coefficient (Wildman–Crippen LogP) is 4.68. The lowest BCUT2D eigenvalue weighted by molar-refractivity contribution is -0.148. The summed E-state index contributed by atoms with van der Waals surface area (Å²) in [5.74, 6) is 1.02. The molecule has 1 aliphatic heterocycles. The summed E-state index contributed by atoms with van der Waals surface area (Å²) in [5.41, 5.74) is 3.08. The fraction of sp³-hybridized carbons (Fsp3) is 0.522. The number of amides is 1. The van der Waals surface area contributed by atoms with E-state index < -0.39 is 5.41 Å². The Kier molecular flexibility index (Phi) is 5.01. The van der Waals surface area contributed by atoms with Gasteiger partial charge >= 0.3 is 0 Å². The molecule has 1 amide bonds. The van der Waals surface area contributed by atoms with E-state index in [1.165, 1.54) is 4.68 Å². The van der Waals surface area contributed by atoms with E-state index in [-0.39, 0.29) is 11.8 Å². The number of carbonyl (C=O) groups excluding carboxylic acids is 2. The fourth-order valence-corrected chi connectivity index (χ4v) is 6.01. The lowest BCUT2D eigenvalue weighted by Gasteiger charge is -2.44. The first kappa shape index (κ1) is 20.5. The van der Waals surface area contributed by atoms with Gasteiger partial charge in [0.15, 0.2) is 0 Å². The van der Waals surface area contributed by atoms with Crippen LogP contribution in [0.3, 0.4) is 0 Å². The number of rotatable bonds is 3. The zero-order valence-corrected chi connectivity index (χ0v) is 20.2. The molecule has 3 aliphatic rings. The van der Waals surface area contributed by atoms with Crippen LogP contribution in [0.1, 0.15) is 66.2 Å². The van der Waals surface area contributed by atoms with Gasteiger partial charge in [0.25, 0.3) is 5.91 Å². The van der Waals surface area contributed by atoms with E-state index in [2.05, 4.69) is 34.6 Å². The van der Waals surface area contributed by atoms with Crippen LogP contribution in [0, 0.1) is 15.0 Å². The number of carbonyl (C=O) groups is 2. The second-order valence-corrected chi connectivity index (χ2v) is 10.9. The maximum Gasteiger partial charge on any atom is 0.280 e. The number of likely N-dealkylation sites (tertiary alicyclic amines) is 1. The summed E-state index contributed by atoms with van der Waals surface area (Å²) in [6.45, 7) is 5.88. The number of hydrogen-bond donors (Lipinski definition) is 0. The molecule has 1 saturated carbocycles. The van der Waals surface area contributed by atoms with Gasteiger partial charge in [-0.3, -0.25) is 9.59 Å². The van der Waals surface area contributed by atoms with Gasteiger partial charge in [0.1, 0.15) is 3.70 Å². The van der Waals surface area contributed by atoms with Gasteiger partial charge < -0.3 is 4.90 Å². The average Bonchev–Trinajstić information content (AvgIpc) is 3.48. The van der Waals surface area contributed by atoms with Crippen LogP contribution in [0.5, 0.6) is 0 Å². The molecule has 2 fully saturated rings. The summed E-state index contributed by atoms with van der Waals surface area (Å²) < 4.78 is 2.39. The van der Waals surface area contributed by atoms with Crippen LogP contribution < -0.4 is 0 Å². The molecule has 5 rings (SSSR count). The molecule has 30 heavy (non-hydrogen) atoms. The van der Waals surface area contributed by atoms with Gasteiger partial charge in [-0.15, -0.1) is 0 Å². The summed E-state index contributed by atoms with van der Waals surface area (Å²) in [6.07, 6.45) is 4.28. The Morgan fingerprint density at radius 3 is 2.67 bits per heavy atom. The molecular formula is C23H25ClIN3O2. The molecule has 1 unspecified atom stereocenters. The standard InChI is InChI=1S/C23H25ClIN3O2/c1-13-11-27(12-13)22(30)23(2)9-8-16-18(10-23)28(26-20(16)25)21(29)19-15(14-6-7-14)4-3-5-17(19)24/h3-5,13-14H,6-12H2,1-2H3. The number of aromatic nitrogens is 2. The quantitative estimate of drug-likeness (QED) is 0.534. The van der Waals surface area contributed by atoms with Gasteiger partial charge in [0, 0.05) is 25.1 Å². The number of nitrogens with zero attached hydrogens (tertiary/aromatic N) is 3. The highest BCUT2D eigenvalue weighted by Gasteiger charge is 2.45. The van der Waals surface area contributed by atoms with Crippen LogP contribution >= 0.6 is 34.2 Å². The van der Waals surface area contributed by atoms with Gasteiger partial charge in [-0.2, -0.15) is 9.78 Å². The summed E-state index contributed by atoms with van der Waals surface area (Å²) in [6, 6.07) is 5.70. The molecule has 158 valence electrons. The summed E-state index contributed by atoms with van der Waals surface area (Å²) in [4.78, 5) is 28.8. The van der Waals surface area contributed by atoms with E-state index in [1.807, 2.05) is 24.0 Å². The second kappa shape index (κ2) is 7.33. The van der Waals surface area contributed by atoms with Gasteiger partial charge in [-0.1, -0.05) is 37.6 Å². The van der Waals surface area contributed by atoms with Crippen molar-refractivity contribution < 1.29 is 9.59 Å². The summed E-state index contributed by atoms with van der Waals surface area (Å²) >= 11 is 8.71. The zero-order valence-electron chi connectivity index (χ0n) is 17.3. The molecule has 2 heterocycles. The largest absolute Gasteiger partial charge is 0.342 e. The number of hydrogen-bond acceptors (Lipinski definition) is 3. The third kappa shape index (κ3) is 3.30. The van der Waals surface area contributed by atoms with Crippen molar-refractivity contribution in [2.75, 3.05) is 13.1 Å². The molecule has 5 nitrogen and oxygen atoms in total. The molecule has 0 radical (unpaired) electrons. The van der Waals surface area contributed by atoms with Gasteiger partial charge in [-0.25, -0.2) is 0 Å².